The average Bonchev–Trinajstić information content (AvgIpc) is 3.05. The van der Waals surface area contributed by atoms with Crippen molar-refractivity contribution in [2.45, 2.75) is 19.0 Å². The average molecular weight is 392 g/mol. The van der Waals surface area contributed by atoms with Crippen LogP contribution in [0, 0.1) is 11.6 Å². The lowest BCUT2D eigenvalue weighted by atomic mass is 10.0. The van der Waals surface area contributed by atoms with Crippen LogP contribution in [-0.2, 0) is 11.3 Å². The lowest BCUT2D eigenvalue weighted by Crippen LogP contribution is -2.32. The Balaban J connectivity index is 1.61. The molecule has 1 aliphatic rings. The molecule has 1 N–H and O–H groups in total. The van der Waals surface area contributed by atoms with Gasteiger partial charge in [0.2, 0.25) is 5.91 Å². The van der Waals surface area contributed by atoms with Crippen molar-refractivity contribution >= 4 is 17.5 Å². The van der Waals surface area contributed by atoms with Crippen LogP contribution in [0.5, 0.6) is 0 Å². The molecule has 0 radical (unpaired) electrons. The number of benzene rings is 3. The molecular formula is C23H18F2N2O2. The minimum Gasteiger partial charge on any atom is -0.327 e. The lowest BCUT2D eigenvalue weighted by Gasteiger charge is -2.28. The maximum absolute atomic E-state index is 13.9. The molecule has 29 heavy (non-hydrogen) atoms. The number of nitrogens with one attached hydrogen (secondary N) is 1. The number of hydrogen-bond acceptors (Lipinski definition) is 2. The molecule has 3 aromatic rings. The number of rotatable bonds is 5. The van der Waals surface area contributed by atoms with Gasteiger partial charge < -0.3 is 10.2 Å². The first-order valence-electron chi connectivity index (χ1n) is 9.21. The molecule has 146 valence electrons. The normalized spacial score (nSPS) is 13.9. The zero-order valence-electron chi connectivity index (χ0n) is 15.4. The highest BCUT2D eigenvalue weighted by Crippen LogP contribution is 2.33. The SMILES string of the molecule is O=C(C[C@H](c1ccc(F)cc1)N1Cc2ccccc2C1=O)Nc1ccccc1F. The Hall–Kier alpha value is -3.54. The van der Waals surface area contributed by atoms with Gasteiger partial charge in [-0.05, 0) is 41.5 Å². The number of carbonyl (C=O) groups excluding carboxylic acids is 2. The summed E-state index contributed by atoms with van der Waals surface area (Å²) in [5.74, 6) is -1.56. The monoisotopic (exact) mass is 392 g/mol. The predicted molar refractivity (Wildman–Crippen MR) is 105 cm³/mol. The van der Waals surface area contributed by atoms with Crippen molar-refractivity contribution in [1.29, 1.82) is 0 Å². The van der Waals surface area contributed by atoms with E-state index in [2.05, 4.69) is 5.32 Å². The van der Waals surface area contributed by atoms with Crippen molar-refractivity contribution in [3.63, 3.8) is 0 Å². The Labute approximate surface area is 166 Å². The molecule has 1 atom stereocenters. The molecule has 4 rings (SSSR count). The fourth-order valence-electron chi connectivity index (χ4n) is 3.56. The molecular weight excluding hydrogens is 374 g/mol. The summed E-state index contributed by atoms with van der Waals surface area (Å²) in [7, 11) is 0. The van der Waals surface area contributed by atoms with Gasteiger partial charge in [0, 0.05) is 12.1 Å². The summed E-state index contributed by atoms with van der Waals surface area (Å²) in [5.41, 5.74) is 2.18. The van der Waals surface area contributed by atoms with Crippen LogP contribution in [0.2, 0.25) is 0 Å². The van der Waals surface area contributed by atoms with Crippen molar-refractivity contribution in [2.75, 3.05) is 5.32 Å². The van der Waals surface area contributed by atoms with E-state index < -0.39 is 23.6 Å². The number of para-hydroxylation sites is 1. The van der Waals surface area contributed by atoms with E-state index in [1.54, 1.807) is 35.2 Å². The van der Waals surface area contributed by atoms with Gasteiger partial charge >= 0.3 is 0 Å². The van der Waals surface area contributed by atoms with Crippen LogP contribution < -0.4 is 5.32 Å². The van der Waals surface area contributed by atoms with Gasteiger partial charge in [-0.1, -0.05) is 42.5 Å². The van der Waals surface area contributed by atoms with E-state index in [4.69, 9.17) is 0 Å². The number of anilines is 1. The molecule has 2 amide bonds. The molecule has 0 saturated carbocycles. The summed E-state index contributed by atoms with van der Waals surface area (Å²) >= 11 is 0. The number of amides is 2. The van der Waals surface area contributed by atoms with E-state index in [1.165, 1.54) is 30.3 Å². The van der Waals surface area contributed by atoms with Gasteiger partial charge in [0.05, 0.1) is 18.2 Å². The minimum atomic E-state index is -0.609. The van der Waals surface area contributed by atoms with Crippen molar-refractivity contribution < 1.29 is 18.4 Å². The first-order valence-corrected chi connectivity index (χ1v) is 9.21. The Morgan fingerprint density at radius 2 is 1.66 bits per heavy atom. The Bertz CT molecular complexity index is 1070. The number of fused-ring (bicyclic) bond motifs is 1. The van der Waals surface area contributed by atoms with Gasteiger partial charge in [0.15, 0.2) is 0 Å². The molecule has 1 aliphatic heterocycles. The zero-order chi connectivity index (χ0) is 20.4. The second-order valence-electron chi connectivity index (χ2n) is 6.89. The number of halogens is 2. The molecule has 0 spiro atoms. The molecule has 0 aliphatic carbocycles. The Morgan fingerprint density at radius 1 is 0.966 bits per heavy atom. The van der Waals surface area contributed by atoms with E-state index in [-0.39, 0.29) is 18.0 Å². The second-order valence-corrected chi connectivity index (χ2v) is 6.89. The molecule has 0 aromatic heterocycles. The highest BCUT2D eigenvalue weighted by Gasteiger charge is 2.34. The standard InChI is InChI=1S/C23H18F2N2O2/c24-17-11-9-15(10-12-17)21(13-22(28)26-20-8-4-3-7-19(20)25)27-14-16-5-1-2-6-18(16)23(27)29/h1-12,21H,13-14H2,(H,26,28)/t21-/m1/s1. The molecule has 0 saturated heterocycles. The van der Waals surface area contributed by atoms with Crippen molar-refractivity contribution in [2.24, 2.45) is 0 Å². The number of hydrogen-bond donors (Lipinski definition) is 1. The molecule has 1 heterocycles. The molecule has 4 nitrogen and oxygen atoms in total. The van der Waals surface area contributed by atoms with Gasteiger partial charge in [0.1, 0.15) is 11.6 Å². The third kappa shape index (κ3) is 3.87. The van der Waals surface area contributed by atoms with Crippen molar-refractivity contribution in [3.05, 3.63) is 101 Å². The van der Waals surface area contributed by atoms with Crippen molar-refractivity contribution in [1.82, 2.24) is 4.90 Å². The Kier molecular flexibility index (Phi) is 5.08. The van der Waals surface area contributed by atoms with E-state index in [1.807, 2.05) is 12.1 Å². The van der Waals surface area contributed by atoms with Crippen LogP contribution in [0.15, 0.2) is 72.8 Å². The second kappa shape index (κ2) is 7.83. The topological polar surface area (TPSA) is 49.4 Å². The Morgan fingerprint density at radius 3 is 2.38 bits per heavy atom. The largest absolute Gasteiger partial charge is 0.327 e. The van der Waals surface area contributed by atoms with Crippen LogP contribution in [0.4, 0.5) is 14.5 Å². The van der Waals surface area contributed by atoms with E-state index in [9.17, 15) is 18.4 Å². The van der Waals surface area contributed by atoms with E-state index in [0.717, 1.165) is 5.56 Å². The summed E-state index contributed by atoms with van der Waals surface area (Å²) in [5, 5.41) is 2.56. The smallest absolute Gasteiger partial charge is 0.255 e. The summed E-state index contributed by atoms with van der Waals surface area (Å²) in [4.78, 5) is 27.2. The van der Waals surface area contributed by atoms with E-state index in [0.29, 0.717) is 17.7 Å². The summed E-state index contributed by atoms with van der Waals surface area (Å²) in [6, 6.07) is 18.3. The summed E-state index contributed by atoms with van der Waals surface area (Å²) < 4.78 is 27.3. The summed E-state index contributed by atoms with van der Waals surface area (Å²) in [6.45, 7) is 0.351. The number of nitrogens with zero attached hydrogens (tertiary/aromatic N) is 1. The lowest BCUT2D eigenvalue weighted by molar-refractivity contribution is -0.117. The third-order valence-corrected chi connectivity index (χ3v) is 5.01. The maximum Gasteiger partial charge on any atom is 0.255 e. The first-order chi connectivity index (χ1) is 14.0. The van der Waals surface area contributed by atoms with Crippen LogP contribution >= 0.6 is 0 Å². The van der Waals surface area contributed by atoms with Crippen molar-refractivity contribution in [3.8, 4) is 0 Å². The third-order valence-electron chi connectivity index (χ3n) is 5.01. The van der Waals surface area contributed by atoms with Crippen LogP contribution in [-0.4, -0.2) is 16.7 Å². The van der Waals surface area contributed by atoms with Crippen LogP contribution in [0.1, 0.15) is 33.9 Å². The fourth-order valence-corrected chi connectivity index (χ4v) is 3.56. The zero-order valence-corrected chi connectivity index (χ0v) is 15.4. The molecule has 6 heteroatoms. The highest BCUT2D eigenvalue weighted by molar-refractivity contribution is 5.99. The van der Waals surface area contributed by atoms with Gasteiger partial charge in [-0.15, -0.1) is 0 Å². The quantitative estimate of drug-likeness (QED) is 0.685. The molecule has 0 unspecified atom stereocenters. The van der Waals surface area contributed by atoms with Gasteiger partial charge in [-0.3, -0.25) is 9.59 Å². The minimum absolute atomic E-state index is 0.0754. The predicted octanol–water partition coefficient (Wildman–Crippen LogP) is 4.69. The van der Waals surface area contributed by atoms with E-state index >= 15 is 0 Å². The highest BCUT2D eigenvalue weighted by atomic mass is 19.1. The molecule has 3 aromatic carbocycles. The molecule has 0 fully saturated rings. The van der Waals surface area contributed by atoms with Gasteiger partial charge in [-0.25, -0.2) is 8.78 Å². The number of carbonyl (C=O) groups is 2. The van der Waals surface area contributed by atoms with Gasteiger partial charge in [0.25, 0.3) is 5.91 Å². The maximum atomic E-state index is 13.9. The van der Waals surface area contributed by atoms with Crippen LogP contribution in [0.3, 0.4) is 0 Å². The summed E-state index contributed by atoms with van der Waals surface area (Å²) in [6.07, 6.45) is -0.0836. The fraction of sp³-hybridized carbons (Fsp3) is 0.130. The van der Waals surface area contributed by atoms with Crippen LogP contribution in [0.25, 0.3) is 0 Å². The molecule has 0 bridgehead atoms. The van der Waals surface area contributed by atoms with Gasteiger partial charge in [-0.2, -0.15) is 0 Å². The first kappa shape index (κ1) is 18.8.